The Morgan fingerprint density at radius 2 is 2.12 bits per heavy atom. The normalized spacial score (nSPS) is 14.5. The molecule has 0 aliphatic heterocycles. The standard InChI is InChI=1S/C11H14BrNO3/c1-6-7(3-2-4-8(6)12)11(16)9(14)5-10(13)15/h2-4,9,11,14,16H,5H2,1H3,(H2,13,15). The summed E-state index contributed by atoms with van der Waals surface area (Å²) in [4.78, 5) is 10.6. The molecule has 4 N–H and O–H groups in total. The van der Waals surface area contributed by atoms with Gasteiger partial charge in [0.05, 0.1) is 12.5 Å². The maximum absolute atomic E-state index is 10.6. The van der Waals surface area contributed by atoms with E-state index < -0.39 is 18.1 Å². The van der Waals surface area contributed by atoms with Crippen molar-refractivity contribution in [3.8, 4) is 0 Å². The average Bonchev–Trinajstić information content (AvgIpc) is 2.20. The Labute approximate surface area is 102 Å². The molecule has 0 aromatic heterocycles. The summed E-state index contributed by atoms with van der Waals surface area (Å²) >= 11 is 3.33. The highest BCUT2D eigenvalue weighted by molar-refractivity contribution is 9.10. The van der Waals surface area contributed by atoms with Gasteiger partial charge in [0.15, 0.2) is 0 Å². The number of amides is 1. The molecule has 0 aliphatic rings. The van der Waals surface area contributed by atoms with E-state index in [2.05, 4.69) is 15.9 Å². The molecular formula is C11H14BrNO3. The maximum atomic E-state index is 10.6. The number of hydrogen-bond donors (Lipinski definition) is 3. The molecule has 5 heteroatoms. The highest BCUT2D eigenvalue weighted by atomic mass is 79.9. The summed E-state index contributed by atoms with van der Waals surface area (Å²) in [5.41, 5.74) is 6.38. The summed E-state index contributed by atoms with van der Waals surface area (Å²) in [5.74, 6) is -0.640. The molecule has 0 bridgehead atoms. The molecule has 2 unspecified atom stereocenters. The lowest BCUT2D eigenvalue weighted by atomic mass is 9.98. The fourth-order valence-corrected chi connectivity index (χ4v) is 1.85. The molecule has 0 radical (unpaired) electrons. The van der Waals surface area contributed by atoms with Crippen molar-refractivity contribution in [1.29, 1.82) is 0 Å². The summed E-state index contributed by atoms with van der Waals surface area (Å²) in [5, 5.41) is 19.5. The van der Waals surface area contributed by atoms with Crippen LogP contribution in [0, 0.1) is 6.92 Å². The van der Waals surface area contributed by atoms with E-state index in [0.717, 1.165) is 10.0 Å². The van der Waals surface area contributed by atoms with E-state index in [4.69, 9.17) is 5.73 Å². The van der Waals surface area contributed by atoms with E-state index in [1.807, 2.05) is 13.0 Å². The number of halogens is 1. The first-order valence-corrected chi connectivity index (χ1v) is 5.62. The quantitative estimate of drug-likeness (QED) is 0.773. The van der Waals surface area contributed by atoms with Gasteiger partial charge in [0, 0.05) is 4.47 Å². The number of carbonyl (C=O) groups is 1. The summed E-state index contributed by atoms with van der Waals surface area (Å²) in [6.07, 6.45) is -2.54. The van der Waals surface area contributed by atoms with Crippen molar-refractivity contribution in [2.45, 2.75) is 25.6 Å². The highest BCUT2D eigenvalue weighted by Crippen LogP contribution is 2.27. The zero-order valence-corrected chi connectivity index (χ0v) is 10.4. The summed E-state index contributed by atoms with van der Waals surface area (Å²) in [7, 11) is 0. The minimum absolute atomic E-state index is 0.257. The van der Waals surface area contributed by atoms with Crippen molar-refractivity contribution in [2.75, 3.05) is 0 Å². The van der Waals surface area contributed by atoms with Crippen LogP contribution in [0.25, 0.3) is 0 Å². The lowest BCUT2D eigenvalue weighted by Gasteiger charge is -2.19. The molecule has 88 valence electrons. The number of benzene rings is 1. The van der Waals surface area contributed by atoms with Crippen LogP contribution in [0.15, 0.2) is 22.7 Å². The van der Waals surface area contributed by atoms with E-state index in [1.54, 1.807) is 12.1 Å². The first-order chi connectivity index (χ1) is 7.43. The molecule has 0 saturated carbocycles. The number of rotatable bonds is 4. The Morgan fingerprint density at radius 1 is 1.50 bits per heavy atom. The zero-order chi connectivity index (χ0) is 12.3. The minimum atomic E-state index is -1.18. The predicted molar refractivity (Wildman–Crippen MR) is 63.7 cm³/mol. The Balaban J connectivity index is 2.91. The third-order valence-electron chi connectivity index (χ3n) is 2.40. The summed E-state index contributed by atoms with van der Waals surface area (Å²) in [6.45, 7) is 1.82. The van der Waals surface area contributed by atoms with Crippen molar-refractivity contribution < 1.29 is 15.0 Å². The van der Waals surface area contributed by atoms with Gasteiger partial charge in [-0.05, 0) is 24.1 Å². The smallest absolute Gasteiger partial charge is 0.220 e. The molecule has 0 spiro atoms. The number of nitrogens with two attached hydrogens (primary N) is 1. The maximum Gasteiger partial charge on any atom is 0.220 e. The molecule has 0 fully saturated rings. The van der Waals surface area contributed by atoms with Gasteiger partial charge in [-0.15, -0.1) is 0 Å². The van der Waals surface area contributed by atoms with Gasteiger partial charge in [-0.1, -0.05) is 28.1 Å². The van der Waals surface area contributed by atoms with Crippen LogP contribution in [0.1, 0.15) is 23.7 Å². The summed E-state index contributed by atoms with van der Waals surface area (Å²) < 4.78 is 0.843. The van der Waals surface area contributed by atoms with Gasteiger partial charge in [0.2, 0.25) is 5.91 Å². The van der Waals surface area contributed by atoms with Crippen LogP contribution >= 0.6 is 15.9 Å². The zero-order valence-electron chi connectivity index (χ0n) is 8.85. The van der Waals surface area contributed by atoms with Crippen LogP contribution in [0.5, 0.6) is 0 Å². The Kier molecular flexibility index (Phi) is 4.46. The molecule has 1 rings (SSSR count). The van der Waals surface area contributed by atoms with Gasteiger partial charge in [-0.3, -0.25) is 4.79 Å². The molecular weight excluding hydrogens is 274 g/mol. The molecule has 4 nitrogen and oxygen atoms in total. The number of aliphatic hydroxyl groups is 2. The molecule has 0 aliphatic carbocycles. The van der Waals surface area contributed by atoms with Crippen LogP contribution in [0.2, 0.25) is 0 Å². The van der Waals surface area contributed by atoms with E-state index in [9.17, 15) is 15.0 Å². The van der Waals surface area contributed by atoms with Gasteiger partial charge in [-0.25, -0.2) is 0 Å². The minimum Gasteiger partial charge on any atom is -0.390 e. The van der Waals surface area contributed by atoms with E-state index >= 15 is 0 Å². The van der Waals surface area contributed by atoms with Crippen molar-refractivity contribution in [3.05, 3.63) is 33.8 Å². The van der Waals surface area contributed by atoms with Crippen LogP contribution in [0.4, 0.5) is 0 Å². The van der Waals surface area contributed by atoms with Gasteiger partial charge >= 0.3 is 0 Å². The third kappa shape index (κ3) is 3.04. The van der Waals surface area contributed by atoms with Crippen molar-refractivity contribution in [2.24, 2.45) is 5.73 Å². The van der Waals surface area contributed by atoms with Crippen LogP contribution < -0.4 is 5.73 Å². The van der Waals surface area contributed by atoms with Gasteiger partial charge in [0.1, 0.15) is 6.10 Å². The number of carbonyl (C=O) groups excluding carboxylic acids is 1. The van der Waals surface area contributed by atoms with Crippen LogP contribution in [-0.2, 0) is 4.79 Å². The largest absolute Gasteiger partial charge is 0.390 e. The monoisotopic (exact) mass is 287 g/mol. The van der Waals surface area contributed by atoms with Crippen molar-refractivity contribution in [3.63, 3.8) is 0 Å². The molecule has 1 aromatic carbocycles. The average molecular weight is 288 g/mol. The van der Waals surface area contributed by atoms with E-state index in [1.165, 1.54) is 0 Å². The molecule has 1 aromatic rings. The lowest BCUT2D eigenvalue weighted by molar-refractivity contribution is -0.121. The number of aliphatic hydroxyl groups excluding tert-OH is 2. The van der Waals surface area contributed by atoms with Crippen molar-refractivity contribution in [1.82, 2.24) is 0 Å². The molecule has 2 atom stereocenters. The lowest BCUT2D eigenvalue weighted by Crippen LogP contribution is -2.26. The second-order valence-electron chi connectivity index (χ2n) is 3.64. The second-order valence-corrected chi connectivity index (χ2v) is 4.49. The van der Waals surface area contributed by atoms with Gasteiger partial charge in [-0.2, -0.15) is 0 Å². The first-order valence-electron chi connectivity index (χ1n) is 4.83. The SMILES string of the molecule is Cc1c(Br)cccc1C(O)C(O)CC(N)=O. The second kappa shape index (κ2) is 5.43. The third-order valence-corrected chi connectivity index (χ3v) is 3.26. The van der Waals surface area contributed by atoms with E-state index in [-0.39, 0.29) is 6.42 Å². The van der Waals surface area contributed by atoms with Gasteiger partial charge < -0.3 is 15.9 Å². The van der Waals surface area contributed by atoms with Crippen LogP contribution in [-0.4, -0.2) is 22.2 Å². The molecule has 1 amide bonds. The Morgan fingerprint density at radius 3 is 2.69 bits per heavy atom. The van der Waals surface area contributed by atoms with Crippen molar-refractivity contribution >= 4 is 21.8 Å². The summed E-state index contributed by atoms with van der Waals surface area (Å²) in [6, 6.07) is 5.30. The first kappa shape index (κ1) is 13.2. The molecule has 16 heavy (non-hydrogen) atoms. The van der Waals surface area contributed by atoms with Gasteiger partial charge in [0.25, 0.3) is 0 Å². The number of primary amides is 1. The Bertz CT molecular complexity index is 395. The van der Waals surface area contributed by atoms with E-state index in [0.29, 0.717) is 5.56 Å². The fourth-order valence-electron chi connectivity index (χ4n) is 1.47. The van der Waals surface area contributed by atoms with Crippen LogP contribution in [0.3, 0.4) is 0 Å². The predicted octanol–water partition coefficient (Wildman–Crippen LogP) is 1.03. The fraction of sp³-hybridized carbons (Fsp3) is 0.364. The number of hydrogen-bond acceptors (Lipinski definition) is 3. The topological polar surface area (TPSA) is 83.6 Å². The Hall–Kier alpha value is -0.910. The molecule has 0 heterocycles. The molecule has 0 saturated heterocycles. The highest BCUT2D eigenvalue weighted by Gasteiger charge is 2.22.